The number of amides is 2. The fraction of sp³-hybridized carbons (Fsp3) is 0.562. The van der Waals surface area contributed by atoms with Crippen molar-refractivity contribution in [1.82, 2.24) is 15.1 Å². The van der Waals surface area contributed by atoms with Gasteiger partial charge in [0.05, 0.1) is 6.10 Å². The van der Waals surface area contributed by atoms with Crippen LogP contribution in [0.15, 0.2) is 18.2 Å². The van der Waals surface area contributed by atoms with Crippen molar-refractivity contribution in [3.8, 4) is 0 Å². The fourth-order valence-corrected chi connectivity index (χ4v) is 1.96. The minimum Gasteiger partial charge on any atom is -0.393 e. The zero-order valence-corrected chi connectivity index (χ0v) is 13.8. The average molecular weight is 311 g/mol. The summed E-state index contributed by atoms with van der Waals surface area (Å²) < 4.78 is 13.9. The Labute approximate surface area is 131 Å². The third kappa shape index (κ3) is 6.41. The molecule has 1 unspecified atom stereocenters. The molecule has 0 spiro atoms. The van der Waals surface area contributed by atoms with Crippen LogP contribution >= 0.6 is 0 Å². The van der Waals surface area contributed by atoms with Gasteiger partial charge in [0.1, 0.15) is 5.82 Å². The van der Waals surface area contributed by atoms with Gasteiger partial charge in [-0.05, 0) is 39.1 Å². The van der Waals surface area contributed by atoms with Crippen LogP contribution in [0.2, 0.25) is 0 Å². The molecule has 6 heteroatoms. The summed E-state index contributed by atoms with van der Waals surface area (Å²) in [5, 5.41) is 11.9. The summed E-state index contributed by atoms with van der Waals surface area (Å²) in [4.78, 5) is 15.3. The molecule has 2 N–H and O–H groups in total. The predicted molar refractivity (Wildman–Crippen MR) is 85.0 cm³/mol. The van der Waals surface area contributed by atoms with E-state index in [0.717, 1.165) is 5.56 Å². The number of halogens is 1. The van der Waals surface area contributed by atoms with Gasteiger partial charge < -0.3 is 20.2 Å². The van der Waals surface area contributed by atoms with Gasteiger partial charge in [-0.15, -0.1) is 0 Å². The first-order chi connectivity index (χ1) is 10.3. The molecule has 5 nitrogen and oxygen atoms in total. The number of hydrogen-bond acceptors (Lipinski definition) is 3. The molecule has 0 saturated heterocycles. The highest BCUT2D eigenvalue weighted by Gasteiger charge is 2.10. The largest absolute Gasteiger partial charge is 0.393 e. The van der Waals surface area contributed by atoms with Gasteiger partial charge in [-0.2, -0.15) is 0 Å². The summed E-state index contributed by atoms with van der Waals surface area (Å²) in [6, 6.07) is 4.78. The molecule has 1 rings (SSSR count). The molecule has 0 aliphatic heterocycles. The third-order valence-electron chi connectivity index (χ3n) is 3.28. The standard InChI is InChI=1S/C16H26FN3O2/c1-12(21)7-8-20(4)16(22)18-10-13-5-6-14(11-19(2)3)15(17)9-13/h5-6,9,12,21H,7-8,10-11H2,1-4H3,(H,18,22). The Bertz CT molecular complexity index is 492. The molecule has 0 bridgehead atoms. The van der Waals surface area contributed by atoms with Crippen molar-refractivity contribution in [3.63, 3.8) is 0 Å². The quantitative estimate of drug-likeness (QED) is 0.807. The van der Waals surface area contributed by atoms with E-state index in [4.69, 9.17) is 0 Å². The zero-order valence-electron chi connectivity index (χ0n) is 13.8. The van der Waals surface area contributed by atoms with Gasteiger partial charge in [0.15, 0.2) is 0 Å². The van der Waals surface area contributed by atoms with Gasteiger partial charge in [0, 0.05) is 32.2 Å². The first-order valence-electron chi connectivity index (χ1n) is 7.38. The maximum atomic E-state index is 13.9. The smallest absolute Gasteiger partial charge is 0.317 e. The van der Waals surface area contributed by atoms with Crippen molar-refractivity contribution in [2.24, 2.45) is 0 Å². The molecule has 124 valence electrons. The summed E-state index contributed by atoms with van der Waals surface area (Å²) in [5.74, 6) is -0.261. The topological polar surface area (TPSA) is 55.8 Å². The zero-order chi connectivity index (χ0) is 16.7. The lowest BCUT2D eigenvalue weighted by Gasteiger charge is -2.19. The molecule has 1 atom stereocenters. The lowest BCUT2D eigenvalue weighted by Crippen LogP contribution is -2.38. The molecular weight excluding hydrogens is 285 g/mol. The Morgan fingerprint density at radius 1 is 1.36 bits per heavy atom. The van der Waals surface area contributed by atoms with Crippen LogP contribution in [0, 0.1) is 5.82 Å². The Kier molecular flexibility index (Phi) is 7.27. The second-order valence-electron chi connectivity index (χ2n) is 5.88. The van der Waals surface area contributed by atoms with Crippen LogP contribution in [0.25, 0.3) is 0 Å². The number of hydrogen-bond donors (Lipinski definition) is 2. The van der Waals surface area contributed by atoms with Crippen molar-refractivity contribution in [1.29, 1.82) is 0 Å². The van der Waals surface area contributed by atoms with E-state index in [2.05, 4.69) is 5.32 Å². The molecule has 0 aliphatic carbocycles. The lowest BCUT2D eigenvalue weighted by atomic mass is 10.1. The number of benzene rings is 1. The van der Waals surface area contributed by atoms with Gasteiger partial charge in [-0.1, -0.05) is 12.1 Å². The van der Waals surface area contributed by atoms with Crippen molar-refractivity contribution >= 4 is 6.03 Å². The Morgan fingerprint density at radius 3 is 2.59 bits per heavy atom. The number of nitrogens with zero attached hydrogens (tertiary/aromatic N) is 2. The minimum absolute atomic E-state index is 0.238. The second-order valence-corrected chi connectivity index (χ2v) is 5.88. The number of carbonyl (C=O) groups excluding carboxylic acids is 1. The van der Waals surface area contributed by atoms with Gasteiger partial charge in [-0.25, -0.2) is 9.18 Å². The number of aliphatic hydroxyl groups is 1. The van der Waals surface area contributed by atoms with Crippen molar-refractivity contribution in [2.75, 3.05) is 27.7 Å². The number of carbonyl (C=O) groups is 1. The summed E-state index contributed by atoms with van der Waals surface area (Å²) in [7, 11) is 5.44. The molecule has 0 radical (unpaired) electrons. The van der Waals surface area contributed by atoms with Gasteiger partial charge in [-0.3, -0.25) is 0 Å². The third-order valence-corrected chi connectivity index (χ3v) is 3.28. The van der Waals surface area contributed by atoms with E-state index in [-0.39, 0.29) is 18.4 Å². The van der Waals surface area contributed by atoms with E-state index >= 15 is 0 Å². The molecule has 0 aromatic heterocycles. The van der Waals surface area contributed by atoms with E-state index in [9.17, 15) is 14.3 Å². The number of aliphatic hydroxyl groups excluding tert-OH is 1. The lowest BCUT2D eigenvalue weighted by molar-refractivity contribution is 0.163. The Balaban J connectivity index is 2.50. The molecule has 0 fully saturated rings. The van der Waals surface area contributed by atoms with Crippen LogP contribution in [-0.2, 0) is 13.1 Å². The summed E-state index contributed by atoms with van der Waals surface area (Å²) in [6.45, 7) is 2.97. The molecule has 22 heavy (non-hydrogen) atoms. The highest BCUT2D eigenvalue weighted by atomic mass is 19.1. The van der Waals surface area contributed by atoms with Crippen LogP contribution in [0.4, 0.5) is 9.18 Å². The monoisotopic (exact) mass is 311 g/mol. The van der Waals surface area contributed by atoms with Gasteiger partial charge in [0.2, 0.25) is 0 Å². The Hall–Kier alpha value is -1.66. The maximum Gasteiger partial charge on any atom is 0.317 e. The molecule has 0 saturated carbocycles. The summed E-state index contributed by atoms with van der Waals surface area (Å²) in [6.07, 6.45) is 0.0891. The average Bonchev–Trinajstić information content (AvgIpc) is 2.44. The maximum absolute atomic E-state index is 13.9. The number of rotatable bonds is 7. The number of urea groups is 1. The molecular formula is C16H26FN3O2. The normalized spacial score (nSPS) is 12.3. The van der Waals surface area contributed by atoms with E-state index < -0.39 is 6.10 Å². The van der Waals surface area contributed by atoms with Crippen LogP contribution in [0.3, 0.4) is 0 Å². The van der Waals surface area contributed by atoms with Crippen LogP contribution in [-0.4, -0.2) is 54.7 Å². The first kappa shape index (κ1) is 18.4. The van der Waals surface area contributed by atoms with E-state index in [1.54, 1.807) is 20.0 Å². The van der Waals surface area contributed by atoms with Crippen LogP contribution in [0.5, 0.6) is 0 Å². The summed E-state index contributed by atoms with van der Waals surface area (Å²) >= 11 is 0. The molecule has 1 aromatic carbocycles. The van der Waals surface area contributed by atoms with E-state index in [1.807, 2.05) is 25.1 Å². The molecule has 0 heterocycles. The van der Waals surface area contributed by atoms with Gasteiger partial charge in [0.25, 0.3) is 0 Å². The number of nitrogens with one attached hydrogen (secondary N) is 1. The van der Waals surface area contributed by atoms with Crippen molar-refractivity contribution < 1.29 is 14.3 Å². The molecule has 2 amide bonds. The first-order valence-corrected chi connectivity index (χ1v) is 7.38. The fourth-order valence-electron chi connectivity index (χ4n) is 1.96. The Morgan fingerprint density at radius 2 is 2.05 bits per heavy atom. The van der Waals surface area contributed by atoms with Crippen LogP contribution < -0.4 is 5.32 Å². The van der Waals surface area contributed by atoms with Crippen molar-refractivity contribution in [2.45, 2.75) is 32.5 Å². The highest BCUT2D eigenvalue weighted by molar-refractivity contribution is 5.73. The SMILES string of the molecule is CC(O)CCN(C)C(=O)NCc1ccc(CN(C)C)c(F)c1. The van der Waals surface area contributed by atoms with E-state index in [0.29, 0.717) is 25.1 Å². The summed E-state index contributed by atoms with van der Waals surface area (Å²) in [5.41, 5.74) is 1.35. The van der Waals surface area contributed by atoms with Crippen LogP contribution in [0.1, 0.15) is 24.5 Å². The van der Waals surface area contributed by atoms with Crippen molar-refractivity contribution in [3.05, 3.63) is 35.1 Å². The van der Waals surface area contributed by atoms with Gasteiger partial charge >= 0.3 is 6.03 Å². The molecule has 0 aliphatic rings. The predicted octanol–water partition coefficient (Wildman–Crippen LogP) is 1.80. The molecule has 1 aromatic rings. The second kappa shape index (κ2) is 8.70. The minimum atomic E-state index is -0.436. The van der Waals surface area contributed by atoms with E-state index in [1.165, 1.54) is 11.0 Å². The highest BCUT2D eigenvalue weighted by Crippen LogP contribution is 2.12.